The summed E-state index contributed by atoms with van der Waals surface area (Å²) in [4.78, 5) is 0. The SMILES string of the molecule is N#CC1(Cc2ccn(C3CCCCC3)n2)CCCCC1. The largest absolute Gasteiger partial charge is 0.269 e. The molecule has 1 aromatic rings. The van der Waals surface area contributed by atoms with Crippen LogP contribution in [0.4, 0.5) is 0 Å². The van der Waals surface area contributed by atoms with Gasteiger partial charge in [0.25, 0.3) is 0 Å². The number of aromatic nitrogens is 2. The fourth-order valence-electron chi connectivity index (χ4n) is 3.92. The second kappa shape index (κ2) is 5.99. The lowest BCUT2D eigenvalue weighted by Crippen LogP contribution is -2.25. The lowest BCUT2D eigenvalue weighted by molar-refractivity contribution is 0.261. The summed E-state index contributed by atoms with van der Waals surface area (Å²) in [7, 11) is 0. The summed E-state index contributed by atoms with van der Waals surface area (Å²) in [6, 6.07) is 5.35. The smallest absolute Gasteiger partial charge is 0.0693 e. The van der Waals surface area contributed by atoms with E-state index in [-0.39, 0.29) is 5.41 Å². The predicted octanol–water partition coefficient (Wildman–Crippen LogP) is 4.40. The lowest BCUT2D eigenvalue weighted by atomic mass is 9.72. The second-order valence-electron chi connectivity index (χ2n) is 6.71. The summed E-state index contributed by atoms with van der Waals surface area (Å²) in [6.07, 6.45) is 15.4. The van der Waals surface area contributed by atoms with Crippen molar-refractivity contribution in [1.82, 2.24) is 9.78 Å². The molecule has 1 heterocycles. The van der Waals surface area contributed by atoms with Crippen molar-refractivity contribution in [2.45, 2.75) is 76.7 Å². The Morgan fingerprint density at radius 2 is 1.85 bits per heavy atom. The first kappa shape index (κ1) is 13.7. The molecular formula is C17H25N3. The van der Waals surface area contributed by atoms with Gasteiger partial charge in [-0.3, -0.25) is 4.68 Å². The molecule has 0 atom stereocenters. The van der Waals surface area contributed by atoms with Crippen LogP contribution in [0.15, 0.2) is 12.3 Å². The van der Waals surface area contributed by atoms with Gasteiger partial charge in [0, 0.05) is 12.6 Å². The van der Waals surface area contributed by atoms with Crippen LogP contribution in [0.2, 0.25) is 0 Å². The van der Waals surface area contributed by atoms with Crippen LogP contribution in [0.1, 0.15) is 75.9 Å². The highest BCUT2D eigenvalue weighted by molar-refractivity contribution is 5.11. The summed E-state index contributed by atoms with van der Waals surface area (Å²) >= 11 is 0. The van der Waals surface area contributed by atoms with Gasteiger partial charge in [-0.05, 0) is 31.7 Å². The van der Waals surface area contributed by atoms with E-state index >= 15 is 0 Å². The number of rotatable bonds is 3. The van der Waals surface area contributed by atoms with Crippen molar-refractivity contribution < 1.29 is 0 Å². The number of nitrogens with zero attached hydrogens (tertiary/aromatic N) is 3. The van der Waals surface area contributed by atoms with Crippen molar-refractivity contribution in [3.8, 4) is 6.07 Å². The Labute approximate surface area is 122 Å². The maximum Gasteiger partial charge on any atom is 0.0693 e. The monoisotopic (exact) mass is 271 g/mol. The molecule has 0 unspecified atom stereocenters. The van der Waals surface area contributed by atoms with Crippen molar-refractivity contribution in [2.75, 3.05) is 0 Å². The molecule has 0 saturated heterocycles. The highest BCUT2D eigenvalue weighted by Crippen LogP contribution is 2.38. The third kappa shape index (κ3) is 2.90. The average molecular weight is 271 g/mol. The topological polar surface area (TPSA) is 41.6 Å². The van der Waals surface area contributed by atoms with Crippen molar-refractivity contribution in [3.63, 3.8) is 0 Å². The van der Waals surface area contributed by atoms with Gasteiger partial charge in [-0.25, -0.2) is 0 Å². The van der Waals surface area contributed by atoms with Gasteiger partial charge in [0.2, 0.25) is 0 Å². The molecule has 2 aliphatic carbocycles. The maximum atomic E-state index is 9.57. The molecule has 0 N–H and O–H groups in total. The van der Waals surface area contributed by atoms with Crippen molar-refractivity contribution in [1.29, 1.82) is 5.26 Å². The van der Waals surface area contributed by atoms with Gasteiger partial charge in [0.15, 0.2) is 0 Å². The Morgan fingerprint density at radius 1 is 1.15 bits per heavy atom. The quantitative estimate of drug-likeness (QED) is 0.817. The molecular weight excluding hydrogens is 246 g/mol. The molecule has 20 heavy (non-hydrogen) atoms. The fourth-order valence-corrected chi connectivity index (χ4v) is 3.92. The second-order valence-corrected chi connectivity index (χ2v) is 6.71. The Balaban J connectivity index is 1.68. The number of nitriles is 1. The standard InChI is InChI=1S/C17H25N3/c18-14-17(10-5-2-6-11-17)13-15-9-12-20(19-15)16-7-3-1-4-8-16/h9,12,16H,1-8,10-11,13H2. The third-order valence-corrected chi connectivity index (χ3v) is 5.18. The molecule has 3 nitrogen and oxygen atoms in total. The normalized spacial score (nSPS) is 23.4. The van der Waals surface area contributed by atoms with Crippen LogP contribution in [0.25, 0.3) is 0 Å². The van der Waals surface area contributed by atoms with E-state index in [0.717, 1.165) is 25.0 Å². The van der Waals surface area contributed by atoms with Crippen molar-refractivity contribution in [3.05, 3.63) is 18.0 Å². The van der Waals surface area contributed by atoms with E-state index < -0.39 is 0 Å². The van der Waals surface area contributed by atoms with E-state index in [1.807, 2.05) is 0 Å². The average Bonchev–Trinajstić information content (AvgIpc) is 2.97. The van der Waals surface area contributed by atoms with Crippen LogP contribution < -0.4 is 0 Å². The molecule has 2 fully saturated rings. The zero-order valence-corrected chi connectivity index (χ0v) is 12.4. The van der Waals surface area contributed by atoms with Crippen molar-refractivity contribution >= 4 is 0 Å². The zero-order chi connectivity index (χ0) is 13.8. The molecule has 3 heteroatoms. The highest BCUT2D eigenvalue weighted by Gasteiger charge is 2.33. The number of hydrogen-bond acceptors (Lipinski definition) is 2. The molecule has 0 amide bonds. The summed E-state index contributed by atoms with van der Waals surface area (Å²) in [5.74, 6) is 0. The molecule has 3 rings (SSSR count). The van der Waals surface area contributed by atoms with Gasteiger partial charge in [0.05, 0.1) is 23.2 Å². The van der Waals surface area contributed by atoms with E-state index in [9.17, 15) is 5.26 Å². The van der Waals surface area contributed by atoms with Gasteiger partial charge in [-0.1, -0.05) is 38.5 Å². The molecule has 0 aliphatic heterocycles. The minimum Gasteiger partial charge on any atom is -0.269 e. The molecule has 0 aromatic carbocycles. The predicted molar refractivity (Wildman–Crippen MR) is 79.2 cm³/mol. The van der Waals surface area contributed by atoms with Crippen LogP contribution in [-0.4, -0.2) is 9.78 Å². The van der Waals surface area contributed by atoms with E-state index in [4.69, 9.17) is 5.10 Å². The molecule has 2 aliphatic rings. The first-order chi connectivity index (χ1) is 9.81. The molecule has 0 bridgehead atoms. The minimum absolute atomic E-state index is 0.135. The van der Waals surface area contributed by atoms with E-state index in [2.05, 4.69) is 23.0 Å². The molecule has 1 aromatic heterocycles. The molecule has 2 saturated carbocycles. The summed E-state index contributed by atoms with van der Waals surface area (Å²) in [6.45, 7) is 0. The van der Waals surface area contributed by atoms with Gasteiger partial charge >= 0.3 is 0 Å². The van der Waals surface area contributed by atoms with E-state index in [1.54, 1.807) is 0 Å². The lowest BCUT2D eigenvalue weighted by Gasteiger charge is -2.29. The summed E-state index contributed by atoms with van der Waals surface area (Å²) in [5, 5.41) is 14.4. The zero-order valence-electron chi connectivity index (χ0n) is 12.4. The minimum atomic E-state index is -0.135. The van der Waals surface area contributed by atoms with Gasteiger partial charge in [-0.15, -0.1) is 0 Å². The number of hydrogen-bond donors (Lipinski definition) is 0. The Bertz CT molecular complexity index is 471. The summed E-state index contributed by atoms with van der Waals surface area (Å²) < 4.78 is 2.17. The van der Waals surface area contributed by atoms with Crippen LogP contribution in [-0.2, 0) is 6.42 Å². The van der Waals surface area contributed by atoms with E-state index in [0.29, 0.717) is 6.04 Å². The molecule has 108 valence electrons. The Kier molecular flexibility index (Phi) is 4.10. The van der Waals surface area contributed by atoms with Crippen LogP contribution in [0.3, 0.4) is 0 Å². The highest BCUT2D eigenvalue weighted by atomic mass is 15.3. The molecule has 0 radical (unpaired) electrons. The first-order valence-electron chi connectivity index (χ1n) is 8.27. The first-order valence-corrected chi connectivity index (χ1v) is 8.27. The summed E-state index contributed by atoms with van der Waals surface area (Å²) in [5.41, 5.74) is 0.989. The van der Waals surface area contributed by atoms with Gasteiger partial charge in [0.1, 0.15) is 0 Å². The van der Waals surface area contributed by atoms with E-state index in [1.165, 1.54) is 51.4 Å². The van der Waals surface area contributed by atoms with Gasteiger partial charge < -0.3 is 0 Å². The van der Waals surface area contributed by atoms with Crippen LogP contribution >= 0.6 is 0 Å². The van der Waals surface area contributed by atoms with Gasteiger partial charge in [-0.2, -0.15) is 10.4 Å². The van der Waals surface area contributed by atoms with Crippen LogP contribution in [0, 0.1) is 16.7 Å². The van der Waals surface area contributed by atoms with Crippen molar-refractivity contribution in [2.24, 2.45) is 5.41 Å². The fraction of sp³-hybridized carbons (Fsp3) is 0.765. The maximum absolute atomic E-state index is 9.57. The Morgan fingerprint density at radius 3 is 2.55 bits per heavy atom. The Hall–Kier alpha value is -1.30. The molecule has 0 spiro atoms. The third-order valence-electron chi connectivity index (χ3n) is 5.18. The van der Waals surface area contributed by atoms with Crippen LogP contribution in [0.5, 0.6) is 0 Å².